The number of hydrogen-bond acceptors (Lipinski definition) is 7. The van der Waals surface area contributed by atoms with Crippen molar-refractivity contribution in [3.63, 3.8) is 0 Å². The summed E-state index contributed by atoms with van der Waals surface area (Å²) in [6.45, 7) is 0.190. The number of Topliss-reactive ketones (excluding diaryl/α,β-unsaturated/α-hetero) is 1. The number of rotatable bonds is 10. The highest BCUT2D eigenvalue weighted by atomic mass is 32.2. The molecule has 0 saturated heterocycles. The van der Waals surface area contributed by atoms with E-state index < -0.39 is 0 Å². The van der Waals surface area contributed by atoms with Gasteiger partial charge in [0.2, 0.25) is 0 Å². The molecule has 0 unspecified atom stereocenters. The summed E-state index contributed by atoms with van der Waals surface area (Å²) < 4.78 is 18.4. The largest absolute Gasteiger partial charge is 0.497 e. The summed E-state index contributed by atoms with van der Waals surface area (Å²) in [5, 5.41) is 9.28. The Morgan fingerprint density at radius 1 is 0.848 bits per heavy atom. The van der Waals surface area contributed by atoms with Crippen LogP contribution in [0.2, 0.25) is 0 Å². The molecule has 0 atom stereocenters. The summed E-state index contributed by atoms with van der Waals surface area (Å²) in [5.74, 6) is 2.81. The molecule has 4 rings (SSSR count). The van der Waals surface area contributed by atoms with Gasteiger partial charge in [-0.2, -0.15) is 0 Å². The summed E-state index contributed by atoms with van der Waals surface area (Å²) in [6.07, 6.45) is 0. The third-order valence-corrected chi connectivity index (χ3v) is 5.81. The van der Waals surface area contributed by atoms with Crippen molar-refractivity contribution in [1.29, 1.82) is 0 Å². The lowest BCUT2D eigenvalue weighted by molar-refractivity contribution is 0.102. The minimum atomic E-state index is -0.00270. The zero-order valence-electron chi connectivity index (χ0n) is 18.3. The molecular weight excluding hydrogens is 438 g/mol. The second kappa shape index (κ2) is 10.7. The Hall–Kier alpha value is -3.78. The van der Waals surface area contributed by atoms with Crippen LogP contribution in [0.3, 0.4) is 0 Å². The Balaban J connectivity index is 1.54. The fourth-order valence-electron chi connectivity index (χ4n) is 3.19. The minimum Gasteiger partial charge on any atom is -0.497 e. The first kappa shape index (κ1) is 22.4. The Labute approximate surface area is 196 Å². The number of hydrogen-bond donors (Lipinski definition) is 0. The molecule has 3 aromatic carbocycles. The molecule has 0 aliphatic heterocycles. The van der Waals surface area contributed by atoms with Crippen LogP contribution >= 0.6 is 11.8 Å². The number of methoxy groups -OCH3 is 2. The molecule has 0 aliphatic carbocycles. The quantitative estimate of drug-likeness (QED) is 0.247. The predicted molar refractivity (Wildman–Crippen MR) is 127 cm³/mol. The zero-order chi connectivity index (χ0) is 23.0. The average molecular weight is 462 g/mol. The van der Waals surface area contributed by atoms with Crippen molar-refractivity contribution in [2.75, 3.05) is 20.0 Å². The summed E-state index contributed by atoms with van der Waals surface area (Å²) in [4.78, 5) is 12.7. The maximum atomic E-state index is 12.7. The standard InChI is InChI=1S/C25H23N3O4S/c1-30-20-14-12-18(13-15-20)21(29)17-33-25-27-26-24(28(25)19-8-4-3-5-9-19)16-32-23-11-7-6-10-22(23)31-2/h3-15H,16-17H2,1-2H3. The van der Waals surface area contributed by atoms with Crippen molar-refractivity contribution in [2.24, 2.45) is 0 Å². The van der Waals surface area contributed by atoms with Crippen LogP contribution < -0.4 is 14.2 Å². The highest BCUT2D eigenvalue weighted by molar-refractivity contribution is 7.99. The molecule has 0 bridgehead atoms. The number of carbonyl (C=O) groups is 1. The molecule has 8 heteroatoms. The molecule has 7 nitrogen and oxygen atoms in total. The van der Waals surface area contributed by atoms with Crippen LogP contribution in [0.5, 0.6) is 17.2 Å². The van der Waals surface area contributed by atoms with Crippen LogP contribution in [-0.2, 0) is 6.61 Å². The Bertz CT molecular complexity index is 1210. The second-order valence-corrected chi connectivity index (χ2v) is 7.89. The first-order valence-electron chi connectivity index (χ1n) is 10.2. The highest BCUT2D eigenvalue weighted by Gasteiger charge is 2.17. The minimum absolute atomic E-state index is 0.00270. The smallest absolute Gasteiger partial charge is 0.196 e. The third-order valence-electron chi connectivity index (χ3n) is 4.88. The van der Waals surface area contributed by atoms with E-state index in [1.54, 1.807) is 38.5 Å². The van der Waals surface area contributed by atoms with Gasteiger partial charge < -0.3 is 14.2 Å². The number of benzene rings is 3. The van der Waals surface area contributed by atoms with Crippen LogP contribution in [0.25, 0.3) is 5.69 Å². The van der Waals surface area contributed by atoms with Crippen LogP contribution in [-0.4, -0.2) is 40.5 Å². The van der Waals surface area contributed by atoms with Gasteiger partial charge in [0.05, 0.1) is 20.0 Å². The second-order valence-electron chi connectivity index (χ2n) is 6.95. The molecule has 0 aliphatic rings. The lowest BCUT2D eigenvalue weighted by atomic mass is 10.1. The van der Waals surface area contributed by atoms with E-state index in [4.69, 9.17) is 14.2 Å². The van der Waals surface area contributed by atoms with Crippen molar-refractivity contribution in [2.45, 2.75) is 11.8 Å². The number of ether oxygens (including phenoxy) is 3. The Morgan fingerprint density at radius 2 is 1.55 bits per heavy atom. The van der Waals surface area contributed by atoms with Crippen molar-refractivity contribution in [1.82, 2.24) is 14.8 Å². The van der Waals surface area contributed by atoms with Gasteiger partial charge in [0.15, 0.2) is 28.3 Å². The SMILES string of the molecule is COc1ccc(C(=O)CSc2nnc(COc3ccccc3OC)n2-c2ccccc2)cc1. The first-order chi connectivity index (χ1) is 16.2. The number of thioether (sulfide) groups is 1. The monoisotopic (exact) mass is 461 g/mol. The third kappa shape index (κ3) is 5.35. The lowest BCUT2D eigenvalue weighted by Gasteiger charge is -2.12. The van der Waals surface area contributed by atoms with Gasteiger partial charge in [0.1, 0.15) is 12.4 Å². The van der Waals surface area contributed by atoms with E-state index in [0.717, 1.165) is 5.69 Å². The molecule has 0 N–H and O–H groups in total. The predicted octanol–water partition coefficient (Wildman–Crippen LogP) is 4.84. The number of para-hydroxylation sites is 3. The van der Waals surface area contributed by atoms with E-state index in [2.05, 4.69) is 10.2 Å². The van der Waals surface area contributed by atoms with Crippen LogP contribution in [0.1, 0.15) is 16.2 Å². The van der Waals surface area contributed by atoms with Crippen molar-refractivity contribution < 1.29 is 19.0 Å². The van der Waals surface area contributed by atoms with Crippen molar-refractivity contribution in [3.8, 4) is 22.9 Å². The van der Waals surface area contributed by atoms with E-state index in [1.807, 2.05) is 59.2 Å². The van der Waals surface area contributed by atoms with Gasteiger partial charge in [-0.15, -0.1) is 10.2 Å². The maximum absolute atomic E-state index is 12.7. The summed E-state index contributed by atoms with van der Waals surface area (Å²) in [7, 11) is 3.20. The van der Waals surface area contributed by atoms with Gasteiger partial charge in [-0.05, 0) is 48.5 Å². The highest BCUT2D eigenvalue weighted by Crippen LogP contribution is 2.28. The average Bonchev–Trinajstić information content (AvgIpc) is 3.29. The molecule has 0 amide bonds. The van der Waals surface area contributed by atoms with E-state index >= 15 is 0 Å². The van der Waals surface area contributed by atoms with E-state index in [0.29, 0.717) is 33.8 Å². The van der Waals surface area contributed by atoms with Crippen molar-refractivity contribution in [3.05, 3.63) is 90.3 Å². The Morgan fingerprint density at radius 3 is 2.24 bits per heavy atom. The molecule has 0 radical (unpaired) electrons. The number of carbonyl (C=O) groups excluding carboxylic acids is 1. The molecule has 168 valence electrons. The topological polar surface area (TPSA) is 75.5 Å². The number of aromatic nitrogens is 3. The molecule has 4 aromatic rings. The lowest BCUT2D eigenvalue weighted by Crippen LogP contribution is -2.08. The van der Waals surface area contributed by atoms with Gasteiger partial charge in [0, 0.05) is 11.3 Å². The van der Waals surface area contributed by atoms with Crippen LogP contribution in [0.4, 0.5) is 0 Å². The molecular formula is C25H23N3O4S. The van der Waals surface area contributed by atoms with Gasteiger partial charge >= 0.3 is 0 Å². The fourth-order valence-corrected chi connectivity index (χ4v) is 4.06. The molecule has 1 aromatic heterocycles. The molecule has 33 heavy (non-hydrogen) atoms. The van der Waals surface area contributed by atoms with Crippen molar-refractivity contribution >= 4 is 17.5 Å². The fraction of sp³-hybridized carbons (Fsp3) is 0.160. The van der Waals surface area contributed by atoms with E-state index in [1.165, 1.54) is 11.8 Å². The normalized spacial score (nSPS) is 10.6. The zero-order valence-corrected chi connectivity index (χ0v) is 19.1. The Kier molecular flexibility index (Phi) is 7.26. The number of nitrogens with zero attached hydrogens (tertiary/aromatic N) is 3. The summed E-state index contributed by atoms with van der Waals surface area (Å²) >= 11 is 1.33. The summed E-state index contributed by atoms with van der Waals surface area (Å²) in [5.41, 5.74) is 1.51. The van der Waals surface area contributed by atoms with Crippen LogP contribution in [0.15, 0.2) is 84.0 Å². The van der Waals surface area contributed by atoms with Gasteiger partial charge in [-0.3, -0.25) is 9.36 Å². The molecule has 0 fully saturated rings. The van der Waals surface area contributed by atoms with Gasteiger partial charge in [-0.25, -0.2) is 0 Å². The molecule has 0 spiro atoms. The summed E-state index contributed by atoms with van der Waals surface area (Å²) in [6, 6.07) is 24.3. The number of ketones is 1. The van der Waals surface area contributed by atoms with Gasteiger partial charge in [0.25, 0.3) is 0 Å². The van der Waals surface area contributed by atoms with E-state index in [-0.39, 0.29) is 18.1 Å². The first-order valence-corrected chi connectivity index (χ1v) is 11.2. The van der Waals surface area contributed by atoms with Gasteiger partial charge in [-0.1, -0.05) is 42.1 Å². The van der Waals surface area contributed by atoms with Crippen LogP contribution in [0, 0.1) is 0 Å². The molecule has 1 heterocycles. The maximum Gasteiger partial charge on any atom is 0.196 e. The molecule has 0 saturated carbocycles. The van der Waals surface area contributed by atoms with E-state index in [9.17, 15) is 4.79 Å².